The lowest BCUT2D eigenvalue weighted by Gasteiger charge is -2.26. The van der Waals surface area contributed by atoms with E-state index in [2.05, 4.69) is 26.3 Å². The molecule has 0 bridgehead atoms. The summed E-state index contributed by atoms with van der Waals surface area (Å²) < 4.78 is 2.00. The first-order valence-electron chi connectivity index (χ1n) is 7.07. The van der Waals surface area contributed by atoms with Gasteiger partial charge in [-0.15, -0.1) is 0 Å². The number of aryl methyl sites for hydroxylation is 2. The Labute approximate surface area is 122 Å². The highest BCUT2D eigenvalue weighted by Crippen LogP contribution is 2.20. The standard InChI is InChI=1S/C14H19N5O2/c1-9-7-10(2)19(17-9)6-5-18-4-3-12-11(8-18)13(14(20)21)16-15-12/h7H,3-6,8H2,1-2H3,(H,15,16)(H,20,21). The average Bonchev–Trinajstić information content (AvgIpc) is 2.99. The molecule has 3 heterocycles. The molecule has 1 aliphatic heterocycles. The summed E-state index contributed by atoms with van der Waals surface area (Å²) >= 11 is 0. The zero-order valence-electron chi connectivity index (χ0n) is 12.3. The molecule has 0 atom stereocenters. The molecule has 1 aliphatic rings. The molecule has 0 saturated carbocycles. The number of nitrogens with zero attached hydrogens (tertiary/aromatic N) is 4. The lowest BCUT2D eigenvalue weighted by atomic mass is 10.1. The maximum atomic E-state index is 11.2. The summed E-state index contributed by atoms with van der Waals surface area (Å²) in [5, 5.41) is 20.3. The number of H-pyrrole nitrogens is 1. The van der Waals surface area contributed by atoms with Crippen LogP contribution in [-0.2, 0) is 19.5 Å². The molecule has 0 radical (unpaired) electrons. The van der Waals surface area contributed by atoms with E-state index in [1.807, 2.05) is 18.5 Å². The second-order valence-electron chi connectivity index (χ2n) is 5.51. The van der Waals surface area contributed by atoms with Crippen molar-refractivity contribution < 1.29 is 9.90 Å². The number of hydrogen-bond acceptors (Lipinski definition) is 4. The number of fused-ring (bicyclic) bond motifs is 1. The van der Waals surface area contributed by atoms with Crippen LogP contribution < -0.4 is 0 Å². The summed E-state index contributed by atoms with van der Waals surface area (Å²) in [6.45, 7) is 7.25. The maximum absolute atomic E-state index is 11.2. The molecule has 0 aromatic carbocycles. The third-order valence-corrected chi connectivity index (χ3v) is 3.95. The van der Waals surface area contributed by atoms with E-state index >= 15 is 0 Å². The van der Waals surface area contributed by atoms with Crippen LogP contribution >= 0.6 is 0 Å². The van der Waals surface area contributed by atoms with Gasteiger partial charge in [-0.2, -0.15) is 10.2 Å². The van der Waals surface area contributed by atoms with E-state index in [1.165, 1.54) is 0 Å². The fourth-order valence-electron chi connectivity index (χ4n) is 2.86. The van der Waals surface area contributed by atoms with Gasteiger partial charge in [0.2, 0.25) is 0 Å². The number of carboxylic acids is 1. The minimum Gasteiger partial charge on any atom is -0.476 e. The Kier molecular flexibility index (Phi) is 3.50. The quantitative estimate of drug-likeness (QED) is 0.876. The minimum absolute atomic E-state index is 0.154. The molecule has 7 heteroatoms. The lowest BCUT2D eigenvalue weighted by molar-refractivity contribution is 0.0687. The third-order valence-electron chi connectivity index (χ3n) is 3.95. The Balaban J connectivity index is 1.67. The average molecular weight is 289 g/mol. The number of hydrogen-bond donors (Lipinski definition) is 2. The SMILES string of the molecule is Cc1cc(C)n(CCN2CCc3[nH]nc(C(=O)O)c3C2)n1. The van der Waals surface area contributed by atoms with Crippen molar-refractivity contribution in [2.45, 2.75) is 33.4 Å². The molecule has 0 spiro atoms. The lowest BCUT2D eigenvalue weighted by Crippen LogP contribution is -2.33. The zero-order valence-corrected chi connectivity index (χ0v) is 12.3. The Hall–Kier alpha value is -2.15. The van der Waals surface area contributed by atoms with Gasteiger partial charge in [0, 0.05) is 43.0 Å². The van der Waals surface area contributed by atoms with E-state index in [1.54, 1.807) is 0 Å². The Morgan fingerprint density at radius 2 is 2.24 bits per heavy atom. The van der Waals surface area contributed by atoms with E-state index in [-0.39, 0.29) is 5.69 Å². The van der Waals surface area contributed by atoms with Crippen LogP contribution in [0.1, 0.15) is 33.1 Å². The molecule has 112 valence electrons. The van der Waals surface area contributed by atoms with E-state index in [9.17, 15) is 4.79 Å². The normalized spacial score (nSPS) is 15.1. The topological polar surface area (TPSA) is 87.0 Å². The van der Waals surface area contributed by atoms with Crippen molar-refractivity contribution in [1.29, 1.82) is 0 Å². The van der Waals surface area contributed by atoms with Gasteiger partial charge in [0.1, 0.15) is 0 Å². The van der Waals surface area contributed by atoms with Crippen LogP contribution in [-0.4, -0.2) is 49.0 Å². The first-order chi connectivity index (χ1) is 10.0. The summed E-state index contributed by atoms with van der Waals surface area (Å²) in [4.78, 5) is 13.4. The summed E-state index contributed by atoms with van der Waals surface area (Å²) in [6.07, 6.45) is 0.812. The highest BCUT2D eigenvalue weighted by Gasteiger charge is 2.24. The van der Waals surface area contributed by atoms with Crippen molar-refractivity contribution in [3.63, 3.8) is 0 Å². The number of aromatic amines is 1. The molecule has 0 amide bonds. The Morgan fingerprint density at radius 3 is 2.90 bits per heavy atom. The minimum atomic E-state index is -0.965. The van der Waals surface area contributed by atoms with Gasteiger partial charge in [-0.05, 0) is 19.9 Å². The van der Waals surface area contributed by atoms with Crippen LogP contribution in [0.4, 0.5) is 0 Å². The van der Waals surface area contributed by atoms with Gasteiger partial charge in [0.25, 0.3) is 0 Å². The second-order valence-corrected chi connectivity index (χ2v) is 5.51. The highest BCUT2D eigenvalue weighted by atomic mass is 16.4. The van der Waals surface area contributed by atoms with Crippen molar-refractivity contribution in [3.8, 4) is 0 Å². The first kappa shape index (κ1) is 13.8. The van der Waals surface area contributed by atoms with Crippen LogP contribution in [0.2, 0.25) is 0 Å². The molecule has 21 heavy (non-hydrogen) atoms. The van der Waals surface area contributed by atoms with Crippen LogP contribution in [0.3, 0.4) is 0 Å². The number of nitrogens with one attached hydrogen (secondary N) is 1. The Bertz CT molecular complexity index is 673. The van der Waals surface area contributed by atoms with Gasteiger partial charge < -0.3 is 5.11 Å². The molecule has 2 N–H and O–H groups in total. The van der Waals surface area contributed by atoms with E-state index in [4.69, 9.17) is 5.11 Å². The van der Waals surface area contributed by atoms with Gasteiger partial charge in [0.15, 0.2) is 5.69 Å². The highest BCUT2D eigenvalue weighted by molar-refractivity contribution is 5.87. The molecule has 0 saturated heterocycles. The van der Waals surface area contributed by atoms with Crippen LogP contribution in [0.5, 0.6) is 0 Å². The van der Waals surface area contributed by atoms with Crippen LogP contribution in [0.15, 0.2) is 6.07 Å². The fourth-order valence-corrected chi connectivity index (χ4v) is 2.86. The second kappa shape index (κ2) is 5.33. The van der Waals surface area contributed by atoms with Gasteiger partial charge in [-0.25, -0.2) is 4.79 Å². The largest absolute Gasteiger partial charge is 0.476 e. The van der Waals surface area contributed by atoms with Gasteiger partial charge >= 0.3 is 5.97 Å². The number of rotatable bonds is 4. The fraction of sp³-hybridized carbons (Fsp3) is 0.500. The third kappa shape index (κ3) is 2.69. The molecule has 0 aliphatic carbocycles. The zero-order chi connectivity index (χ0) is 15.0. The summed E-state index contributed by atoms with van der Waals surface area (Å²) in [6, 6.07) is 2.06. The predicted molar refractivity (Wildman–Crippen MR) is 76.2 cm³/mol. The van der Waals surface area contributed by atoms with Crippen molar-refractivity contribution in [1.82, 2.24) is 24.9 Å². The van der Waals surface area contributed by atoms with Gasteiger partial charge in [0.05, 0.1) is 12.2 Å². The molecule has 0 fully saturated rings. The van der Waals surface area contributed by atoms with E-state index < -0.39 is 5.97 Å². The van der Waals surface area contributed by atoms with Crippen molar-refractivity contribution in [2.24, 2.45) is 0 Å². The van der Waals surface area contributed by atoms with Gasteiger partial charge in [-0.3, -0.25) is 14.7 Å². The van der Waals surface area contributed by atoms with Crippen LogP contribution in [0.25, 0.3) is 0 Å². The number of aromatic nitrogens is 4. The first-order valence-corrected chi connectivity index (χ1v) is 7.07. The molecule has 2 aromatic heterocycles. The predicted octanol–water partition coefficient (Wildman–Crippen LogP) is 0.980. The molecule has 0 unspecified atom stereocenters. The van der Waals surface area contributed by atoms with E-state index in [0.717, 1.165) is 48.7 Å². The smallest absolute Gasteiger partial charge is 0.356 e. The summed E-state index contributed by atoms with van der Waals surface area (Å²) in [5.41, 5.74) is 4.11. The summed E-state index contributed by atoms with van der Waals surface area (Å²) in [7, 11) is 0. The molecular formula is C14H19N5O2. The van der Waals surface area contributed by atoms with Crippen molar-refractivity contribution in [2.75, 3.05) is 13.1 Å². The Morgan fingerprint density at radius 1 is 1.43 bits per heavy atom. The van der Waals surface area contributed by atoms with Gasteiger partial charge in [-0.1, -0.05) is 0 Å². The van der Waals surface area contributed by atoms with Crippen molar-refractivity contribution in [3.05, 3.63) is 34.4 Å². The molecule has 3 rings (SSSR count). The molecule has 7 nitrogen and oxygen atoms in total. The number of carboxylic acid groups (broad SMARTS) is 1. The summed E-state index contributed by atoms with van der Waals surface area (Å²) in [5.74, 6) is -0.965. The maximum Gasteiger partial charge on any atom is 0.356 e. The number of aromatic carboxylic acids is 1. The molecule has 2 aromatic rings. The number of carbonyl (C=O) groups is 1. The van der Waals surface area contributed by atoms with Crippen molar-refractivity contribution >= 4 is 5.97 Å². The monoisotopic (exact) mass is 289 g/mol. The van der Waals surface area contributed by atoms with Crippen LogP contribution in [0, 0.1) is 13.8 Å². The van der Waals surface area contributed by atoms with E-state index in [0.29, 0.717) is 6.54 Å². The molecular weight excluding hydrogens is 270 g/mol.